The van der Waals surface area contributed by atoms with Gasteiger partial charge in [-0.2, -0.15) is 0 Å². The molecule has 2 aromatic rings. The maximum Gasteiger partial charge on any atom is 0.293 e. The van der Waals surface area contributed by atoms with Gasteiger partial charge in [-0.15, -0.1) is 0 Å². The first-order chi connectivity index (χ1) is 13.9. The van der Waals surface area contributed by atoms with Crippen LogP contribution < -0.4 is 9.47 Å². The average Bonchev–Trinajstić information content (AvgIpc) is 2.94. The zero-order chi connectivity index (χ0) is 21.0. The van der Waals surface area contributed by atoms with Gasteiger partial charge in [-0.25, -0.2) is 0 Å². The first-order valence-electron chi connectivity index (χ1n) is 9.02. The van der Waals surface area contributed by atoms with Crippen LogP contribution in [0.1, 0.15) is 25.0 Å². The van der Waals surface area contributed by atoms with E-state index in [0.29, 0.717) is 29.6 Å². The molecular formula is C21H19BrINO4S. The normalized spacial score (nSPS) is 15.3. The van der Waals surface area contributed by atoms with Crippen molar-refractivity contribution in [3.8, 4) is 11.5 Å². The molecule has 0 bridgehead atoms. The van der Waals surface area contributed by atoms with Gasteiger partial charge in [-0.1, -0.05) is 34.1 Å². The van der Waals surface area contributed by atoms with Crippen LogP contribution in [0.15, 0.2) is 45.8 Å². The Labute approximate surface area is 196 Å². The molecule has 0 saturated carbocycles. The molecule has 1 aliphatic rings. The minimum absolute atomic E-state index is 0.231. The first-order valence-corrected chi connectivity index (χ1v) is 11.7. The molecule has 8 heteroatoms. The fourth-order valence-electron chi connectivity index (χ4n) is 2.80. The van der Waals surface area contributed by atoms with Crippen LogP contribution in [0.25, 0.3) is 6.08 Å². The van der Waals surface area contributed by atoms with Crippen molar-refractivity contribution in [1.82, 2.24) is 4.90 Å². The van der Waals surface area contributed by atoms with E-state index in [-0.39, 0.29) is 17.7 Å². The van der Waals surface area contributed by atoms with E-state index in [9.17, 15) is 9.59 Å². The van der Waals surface area contributed by atoms with Gasteiger partial charge >= 0.3 is 0 Å². The summed E-state index contributed by atoms with van der Waals surface area (Å²) in [5.74, 6) is 1.02. The highest BCUT2D eigenvalue weighted by Crippen LogP contribution is 2.38. The number of benzene rings is 2. The number of amides is 2. The SMILES string of the molecule is CCOc1cc(/C=C2\SC(=O)N(Cc3ccccc3Br)C2=O)cc(I)c1OCC. The lowest BCUT2D eigenvalue weighted by molar-refractivity contribution is -0.123. The van der Waals surface area contributed by atoms with Crippen molar-refractivity contribution in [1.29, 1.82) is 0 Å². The molecule has 0 N–H and O–H groups in total. The fraction of sp³-hybridized carbons (Fsp3) is 0.238. The Kier molecular flexibility index (Phi) is 7.64. The standard InChI is InChI=1S/C21H19BrINO4S/c1-3-27-17-10-13(9-16(23)19(17)28-4-2)11-18-20(25)24(21(26)29-18)12-14-7-5-6-8-15(14)22/h5-11H,3-4,12H2,1-2H3/b18-11-. The molecule has 0 spiro atoms. The lowest BCUT2D eigenvalue weighted by Crippen LogP contribution is -2.27. The van der Waals surface area contributed by atoms with Gasteiger partial charge in [-0.3, -0.25) is 14.5 Å². The van der Waals surface area contributed by atoms with Crippen molar-refractivity contribution in [3.63, 3.8) is 0 Å². The van der Waals surface area contributed by atoms with Crippen molar-refractivity contribution in [3.05, 3.63) is 60.5 Å². The van der Waals surface area contributed by atoms with Gasteiger partial charge in [0, 0.05) is 4.47 Å². The molecular weight excluding hydrogens is 569 g/mol. The van der Waals surface area contributed by atoms with E-state index in [1.165, 1.54) is 4.90 Å². The van der Waals surface area contributed by atoms with Crippen molar-refractivity contribution in [2.24, 2.45) is 0 Å². The van der Waals surface area contributed by atoms with Crippen LogP contribution in [0.3, 0.4) is 0 Å². The average molecular weight is 588 g/mol. The third-order valence-corrected chi connectivity index (χ3v) is 6.56. The number of nitrogens with zero attached hydrogens (tertiary/aromatic N) is 1. The minimum atomic E-state index is -0.294. The third-order valence-electron chi connectivity index (χ3n) is 4.08. The summed E-state index contributed by atoms with van der Waals surface area (Å²) in [6.07, 6.45) is 1.73. The Morgan fingerprint density at radius 2 is 1.86 bits per heavy atom. The molecule has 1 heterocycles. The van der Waals surface area contributed by atoms with Gasteiger partial charge in [0.25, 0.3) is 11.1 Å². The Bertz CT molecular complexity index is 979. The summed E-state index contributed by atoms with van der Waals surface area (Å²) in [5.41, 5.74) is 1.66. The second kappa shape index (κ2) is 9.99. The van der Waals surface area contributed by atoms with Crippen LogP contribution in [-0.4, -0.2) is 29.3 Å². The summed E-state index contributed by atoms with van der Waals surface area (Å²) in [5, 5.41) is -0.275. The van der Waals surface area contributed by atoms with E-state index in [0.717, 1.165) is 30.9 Å². The highest BCUT2D eigenvalue weighted by atomic mass is 127. The summed E-state index contributed by atoms with van der Waals surface area (Å²) in [7, 11) is 0. The summed E-state index contributed by atoms with van der Waals surface area (Å²) in [4.78, 5) is 26.9. The smallest absolute Gasteiger partial charge is 0.293 e. The van der Waals surface area contributed by atoms with Crippen LogP contribution in [-0.2, 0) is 11.3 Å². The Morgan fingerprint density at radius 3 is 2.55 bits per heavy atom. The van der Waals surface area contributed by atoms with Crippen LogP contribution in [0.5, 0.6) is 11.5 Å². The molecule has 152 valence electrons. The Morgan fingerprint density at radius 1 is 1.14 bits per heavy atom. The summed E-state index contributed by atoms with van der Waals surface area (Å²) in [6, 6.07) is 11.3. The molecule has 1 fully saturated rings. The van der Waals surface area contributed by atoms with Gasteiger partial charge < -0.3 is 9.47 Å². The molecule has 3 rings (SSSR count). The summed E-state index contributed by atoms with van der Waals surface area (Å²) in [6.45, 7) is 5.09. The third kappa shape index (κ3) is 5.16. The monoisotopic (exact) mass is 587 g/mol. The topological polar surface area (TPSA) is 55.8 Å². The van der Waals surface area contributed by atoms with Crippen molar-refractivity contribution in [2.75, 3.05) is 13.2 Å². The van der Waals surface area contributed by atoms with Crippen LogP contribution in [0.2, 0.25) is 0 Å². The fourth-order valence-corrected chi connectivity index (χ4v) is 4.83. The number of carbonyl (C=O) groups is 2. The zero-order valence-electron chi connectivity index (χ0n) is 15.9. The number of hydrogen-bond acceptors (Lipinski definition) is 5. The van der Waals surface area contributed by atoms with E-state index in [4.69, 9.17) is 9.47 Å². The quantitative estimate of drug-likeness (QED) is 0.290. The van der Waals surface area contributed by atoms with Crippen molar-refractivity contribution < 1.29 is 19.1 Å². The molecule has 2 aromatic carbocycles. The lowest BCUT2D eigenvalue weighted by atomic mass is 10.1. The molecule has 0 aromatic heterocycles. The highest BCUT2D eigenvalue weighted by Gasteiger charge is 2.35. The van der Waals surface area contributed by atoms with E-state index in [1.54, 1.807) is 6.08 Å². The molecule has 5 nitrogen and oxygen atoms in total. The predicted molar refractivity (Wildman–Crippen MR) is 127 cm³/mol. The number of hydrogen-bond donors (Lipinski definition) is 0. The van der Waals surface area contributed by atoms with Crippen molar-refractivity contribution >= 4 is 67.5 Å². The molecule has 1 aliphatic heterocycles. The largest absolute Gasteiger partial charge is 0.490 e. The van der Waals surface area contributed by atoms with Crippen LogP contribution >= 0.6 is 50.3 Å². The summed E-state index contributed by atoms with van der Waals surface area (Å²) < 4.78 is 13.1. The molecule has 0 aliphatic carbocycles. The molecule has 0 atom stereocenters. The number of ether oxygens (including phenoxy) is 2. The number of halogens is 2. The molecule has 2 amide bonds. The van der Waals surface area contributed by atoms with Gasteiger partial charge in [0.2, 0.25) is 0 Å². The van der Waals surface area contributed by atoms with E-state index in [2.05, 4.69) is 38.5 Å². The van der Waals surface area contributed by atoms with Gasteiger partial charge in [0.05, 0.1) is 28.2 Å². The summed E-state index contributed by atoms with van der Waals surface area (Å²) >= 11 is 6.60. The maximum absolute atomic E-state index is 12.8. The number of thioether (sulfide) groups is 1. The minimum Gasteiger partial charge on any atom is -0.490 e. The first kappa shape index (κ1) is 22.2. The Hall–Kier alpha value is -1.52. The van der Waals surface area contributed by atoms with E-state index >= 15 is 0 Å². The number of rotatable bonds is 7. The van der Waals surface area contributed by atoms with Gasteiger partial charge in [0.15, 0.2) is 11.5 Å². The molecule has 1 saturated heterocycles. The van der Waals surface area contributed by atoms with E-state index < -0.39 is 0 Å². The second-order valence-electron chi connectivity index (χ2n) is 6.06. The second-order valence-corrected chi connectivity index (χ2v) is 9.06. The highest BCUT2D eigenvalue weighted by molar-refractivity contribution is 14.1. The maximum atomic E-state index is 12.8. The molecule has 0 radical (unpaired) electrons. The number of carbonyl (C=O) groups excluding carboxylic acids is 2. The predicted octanol–water partition coefficient (Wildman–Crippen LogP) is 6.09. The van der Waals surface area contributed by atoms with Crippen LogP contribution in [0.4, 0.5) is 4.79 Å². The Balaban J connectivity index is 1.88. The van der Waals surface area contributed by atoms with E-state index in [1.807, 2.05) is 50.2 Å². The molecule has 0 unspecified atom stereocenters. The molecule has 29 heavy (non-hydrogen) atoms. The zero-order valence-corrected chi connectivity index (χ0v) is 20.5. The van der Waals surface area contributed by atoms with Gasteiger partial charge in [-0.05, 0) is 83.6 Å². The van der Waals surface area contributed by atoms with Crippen molar-refractivity contribution in [2.45, 2.75) is 20.4 Å². The lowest BCUT2D eigenvalue weighted by Gasteiger charge is -2.14. The van der Waals surface area contributed by atoms with Gasteiger partial charge in [0.1, 0.15) is 0 Å². The number of imide groups is 1. The van der Waals surface area contributed by atoms with Crippen LogP contribution in [0, 0.1) is 3.57 Å².